The van der Waals surface area contributed by atoms with E-state index in [9.17, 15) is 0 Å². The molecule has 1 aliphatic carbocycles. The Labute approximate surface area is 333 Å². The summed E-state index contributed by atoms with van der Waals surface area (Å²) in [6, 6.07) is 71.2. The maximum atomic E-state index is 2.47. The highest BCUT2D eigenvalue weighted by Crippen LogP contribution is 2.41. The van der Waals surface area contributed by atoms with E-state index >= 15 is 0 Å². The molecule has 0 fully saturated rings. The van der Waals surface area contributed by atoms with Gasteiger partial charge in [0.2, 0.25) is 0 Å². The lowest BCUT2D eigenvalue weighted by Crippen LogP contribution is -2.09. The van der Waals surface area contributed by atoms with Crippen LogP contribution in [0.3, 0.4) is 0 Å². The molecule has 57 heavy (non-hydrogen) atoms. The molecule has 2 nitrogen and oxygen atoms in total. The predicted molar refractivity (Wildman–Crippen MR) is 243 cm³/mol. The van der Waals surface area contributed by atoms with Gasteiger partial charge in [-0.05, 0) is 146 Å². The van der Waals surface area contributed by atoms with Gasteiger partial charge in [-0.2, -0.15) is 0 Å². The Kier molecular flexibility index (Phi) is 7.89. The van der Waals surface area contributed by atoms with Crippen molar-refractivity contribution in [2.24, 2.45) is 0 Å². The Balaban J connectivity index is 0.978. The van der Waals surface area contributed by atoms with E-state index in [2.05, 4.69) is 223 Å². The summed E-state index contributed by atoms with van der Waals surface area (Å²) in [5.41, 5.74) is 14.6. The molecule has 1 heterocycles. The molecule has 11 rings (SSSR count). The molecule has 270 valence electrons. The van der Waals surface area contributed by atoms with Gasteiger partial charge in [0.15, 0.2) is 0 Å². The summed E-state index contributed by atoms with van der Waals surface area (Å²) in [5.74, 6) is 0.507. The maximum absolute atomic E-state index is 2.47. The Morgan fingerprint density at radius 3 is 1.72 bits per heavy atom. The minimum absolute atomic E-state index is 0.507. The van der Waals surface area contributed by atoms with E-state index in [1.54, 1.807) is 0 Å². The number of para-hydroxylation sites is 1. The van der Waals surface area contributed by atoms with Crippen LogP contribution in [0.2, 0.25) is 0 Å². The van der Waals surface area contributed by atoms with E-state index in [-0.39, 0.29) is 0 Å². The number of aromatic nitrogens is 1. The van der Waals surface area contributed by atoms with Gasteiger partial charge in [0, 0.05) is 33.5 Å². The Hall–Kier alpha value is -7.16. The third-order valence-electron chi connectivity index (χ3n) is 11.9. The van der Waals surface area contributed by atoms with Crippen LogP contribution in [0.25, 0.3) is 77.4 Å². The Morgan fingerprint density at radius 2 is 1.00 bits per heavy atom. The Bertz CT molecular complexity index is 3150. The first-order valence-corrected chi connectivity index (χ1v) is 20.0. The number of anilines is 3. The summed E-state index contributed by atoms with van der Waals surface area (Å²) in [6.45, 7) is 2.35. The second-order valence-corrected chi connectivity index (χ2v) is 15.5. The minimum atomic E-state index is 0.507. The third-order valence-corrected chi connectivity index (χ3v) is 11.9. The molecular weight excluding hydrogens is 689 g/mol. The molecule has 0 radical (unpaired) electrons. The average molecular weight is 729 g/mol. The highest BCUT2D eigenvalue weighted by Gasteiger charge is 2.20. The van der Waals surface area contributed by atoms with Gasteiger partial charge in [0.05, 0.1) is 11.0 Å². The SMILES string of the molecule is CC1CC=Cc2cc3c(cc21)c1cc2ccccc2cc1n3-c1cccc(-c2ccc(N(c3ccccc3)c3ccc(-c4ccc5ccccc5c4)cc3)cc2)c1. The number of benzene rings is 9. The summed E-state index contributed by atoms with van der Waals surface area (Å²) in [4.78, 5) is 2.34. The molecule has 9 aromatic carbocycles. The van der Waals surface area contributed by atoms with Crippen molar-refractivity contribution in [2.75, 3.05) is 4.90 Å². The number of allylic oxidation sites excluding steroid dienone is 1. The summed E-state index contributed by atoms with van der Waals surface area (Å²) in [5, 5.41) is 7.66. The van der Waals surface area contributed by atoms with Gasteiger partial charge in [-0.1, -0.05) is 134 Å². The van der Waals surface area contributed by atoms with Crippen molar-refractivity contribution in [1.82, 2.24) is 4.57 Å². The summed E-state index contributed by atoms with van der Waals surface area (Å²) in [6.07, 6.45) is 5.72. The summed E-state index contributed by atoms with van der Waals surface area (Å²) < 4.78 is 2.47. The molecule has 0 bridgehead atoms. The van der Waals surface area contributed by atoms with Crippen LogP contribution in [0, 0.1) is 0 Å². The lowest BCUT2D eigenvalue weighted by Gasteiger charge is -2.26. The zero-order valence-corrected chi connectivity index (χ0v) is 31.8. The second-order valence-electron chi connectivity index (χ2n) is 15.5. The fourth-order valence-electron chi connectivity index (χ4n) is 8.98. The topological polar surface area (TPSA) is 8.17 Å². The van der Waals surface area contributed by atoms with Crippen LogP contribution in [-0.4, -0.2) is 4.57 Å². The fraction of sp³-hybridized carbons (Fsp3) is 0.0545. The van der Waals surface area contributed by atoms with Gasteiger partial charge in [-0.3, -0.25) is 0 Å². The molecule has 0 aliphatic heterocycles. The monoisotopic (exact) mass is 728 g/mol. The summed E-state index contributed by atoms with van der Waals surface area (Å²) in [7, 11) is 0. The first kappa shape index (κ1) is 33.2. The molecule has 1 atom stereocenters. The van der Waals surface area contributed by atoms with Crippen molar-refractivity contribution in [1.29, 1.82) is 0 Å². The van der Waals surface area contributed by atoms with E-state index in [1.165, 1.54) is 76.7 Å². The van der Waals surface area contributed by atoms with Crippen molar-refractivity contribution in [3.8, 4) is 27.9 Å². The molecule has 1 unspecified atom stereocenters. The normalized spacial score (nSPS) is 13.7. The van der Waals surface area contributed by atoms with Crippen molar-refractivity contribution in [3.05, 3.63) is 211 Å². The van der Waals surface area contributed by atoms with Crippen LogP contribution in [0.4, 0.5) is 17.1 Å². The van der Waals surface area contributed by atoms with E-state index in [0.717, 1.165) is 29.2 Å². The van der Waals surface area contributed by atoms with Gasteiger partial charge in [-0.25, -0.2) is 0 Å². The van der Waals surface area contributed by atoms with Gasteiger partial charge in [-0.15, -0.1) is 0 Å². The first-order chi connectivity index (χ1) is 28.1. The van der Waals surface area contributed by atoms with E-state index in [0.29, 0.717) is 5.92 Å². The molecule has 0 spiro atoms. The lowest BCUT2D eigenvalue weighted by molar-refractivity contribution is 0.773. The lowest BCUT2D eigenvalue weighted by atomic mass is 9.87. The highest BCUT2D eigenvalue weighted by atomic mass is 15.1. The second kappa shape index (κ2) is 13.5. The molecule has 0 saturated carbocycles. The third kappa shape index (κ3) is 5.81. The Morgan fingerprint density at radius 1 is 0.439 bits per heavy atom. The largest absolute Gasteiger partial charge is 0.311 e. The van der Waals surface area contributed by atoms with Crippen molar-refractivity contribution < 1.29 is 0 Å². The average Bonchev–Trinajstić information content (AvgIpc) is 3.57. The van der Waals surface area contributed by atoms with Crippen LogP contribution in [-0.2, 0) is 0 Å². The number of hydrogen-bond donors (Lipinski definition) is 0. The molecule has 2 heteroatoms. The quantitative estimate of drug-likeness (QED) is 0.165. The molecular formula is C55H40N2. The maximum Gasteiger partial charge on any atom is 0.0547 e. The zero-order chi connectivity index (χ0) is 37.9. The molecule has 1 aliphatic rings. The minimum Gasteiger partial charge on any atom is -0.311 e. The van der Waals surface area contributed by atoms with Crippen molar-refractivity contribution in [2.45, 2.75) is 19.3 Å². The fourth-order valence-corrected chi connectivity index (χ4v) is 8.98. The van der Waals surface area contributed by atoms with Gasteiger partial charge in [0.1, 0.15) is 0 Å². The summed E-state index contributed by atoms with van der Waals surface area (Å²) >= 11 is 0. The van der Waals surface area contributed by atoms with Gasteiger partial charge in [0.25, 0.3) is 0 Å². The van der Waals surface area contributed by atoms with Crippen LogP contribution in [0.1, 0.15) is 30.4 Å². The predicted octanol–water partition coefficient (Wildman–Crippen LogP) is 15.4. The molecule has 0 saturated heterocycles. The smallest absolute Gasteiger partial charge is 0.0547 e. The highest BCUT2D eigenvalue weighted by molar-refractivity contribution is 6.14. The van der Waals surface area contributed by atoms with Crippen LogP contribution in [0.15, 0.2) is 200 Å². The molecule has 0 amide bonds. The number of rotatable bonds is 6. The number of hydrogen-bond acceptors (Lipinski definition) is 1. The molecule has 10 aromatic rings. The van der Waals surface area contributed by atoms with Crippen molar-refractivity contribution >= 4 is 66.5 Å². The first-order valence-electron chi connectivity index (χ1n) is 20.0. The zero-order valence-electron chi connectivity index (χ0n) is 31.8. The number of nitrogens with zero attached hydrogens (tertiary/aromatic N) is 2. The van der Waals surface area contributed by atoms with Gasteiger partial charge < -0.3 is 9.47 Å². The standard InChI is InChI=1S/C55H40N2/c1-37-11-9-17-46-35-55-53(36-51(37)46)52-33-43-14-7-8-15-44(43)34-54(52)57(55)50-20-10-16-42(32-50)39-23-27-48(28-24-39)56(47-18-3-2-4-19-47)49-29-25-40(26-30-49)45-22-21-38-12-5-6-13-41(38)31-45/h2-10,12-37H,11H2,1H3. The van der Waals surface area contributed by atoms with E-state index in [1.807, 2.05) is 0 Å². The van der Waals surface area contributed by atoms with Crippen LogP contribution in [0.5, 0.6) is 0 Å². The van der Waals surface area contributed by atoms with E-state index < -0.39 is 0 Å². The molecule has 1 aromatic heterocycles. The molecule has 0 N–H and O–H groups in total. The van der Waals surface area contributed by atoms with Crippen LogP contribution >= 0.6 is 0 Å². The van der Waals surface area contributed by atoms with Crippen molar-refractivity contribution in [3.63, 3.8) is 0 Å². The van der Waals surface area contributed by atoms with E-state index in [4.69, 9.17) is 0 Å². The van der Waals surface area contributed by atoms with Gasteiger partial charge >= 0.3 is 0 Å². The number of fused-ring (bicyclic) bond motifs is 6. The van der Waals surface area contributed by atoms with Crippen LogP contribution < -0.4 is 4.90 Å².